The van der Waals surface area contributed by atoms with Gasteiger partial charge in [-0.1, -0.05) is 48.5 Å². The zero-order chi connectivity index (χ0) is 33.7. The van der Waals surface area contributed by atoms with Crippen molar-refractivity contribution in [3.63, 3.8) is 0 Å². The molecule has 3 aliphatic rings. The van der Waals surface area contributed by atoms with E-state index in [-0.39, 0.29) is 0 Å². The van der Waals surface area contributed by atoms with E-state index in [2.05, 4.69) is 41.3 Å². The van der Waals surface area contributed by atoms with Crippen molar-refractivity contribution in [1.82, 2.24) is 4.98 Å². The molecule has 0 amide bonds. The molecule has 4 heterocycles. The van der Waals surface area contributed by atoms with Crippen LogP contribution in [0.1, 0.15) is 41.5 Å². The number of benzene rings is 5. The third kappa shape index (κ3) is 4.79. The van der Waals surface area contributed by atoms with Crippen molar-refractivity contribution in [3.8, 4) is 22.6 Å². The smallest absolute Gasteiger partial charge is 0.229 e. The standard InChI is InChI=1S/C40H34N8O/c1-38(2)42-27-16-12-17-28(34(27)45-38)48(29-21-19-24(23-13-8-7-9-14-23)32-35(29)46-39(3,4)43-32)30-22-20-25(33-36(30)47-40(5,6)44-33)37-41-26-15-10-11-18-31(26)49-37/h7-22H,1-6H3. The van der Waals surface area contributed by atoms with E-state index in [4.69, 9.17) is 39.4 Å². The van der Waals surface area contributed by atoms with Crippen LogP contribution < -0.4 is 37.0 Å². The van der Waals surface area contributed by atoms with Gasteiger partial charge in [0.2, 0.25) is 5.89 Å². The molecule has 9 rings (SSSR count). The molecule has 1 aromatic heterocycles. The molecule has 3 aliphatic heterocycles. The predicted molar refractivity (Wildman–Crippen MR) is 189 cm³/mol. The Bertz CT molecular complexity index is 2730. The van der Waals surface area contributed by atoms with Crippen LogP contribution in [0.15, 0.2) is 131 Å². The highest BCUT2D eigenvalue weighted by molar-refractivity contribution is 5.80. The molecule has 0 aliphatic carbocycles. The first kappa shape index (κ1) is 29.3. The summed E-state index contributed by atoms with van der Waals surface area (Å²) in [4.78, 5) is 37.8. The molecule has 0 atom stereocenters. The minimum absolute atomic E-state index is 0.506. The average molecular weight is 643 g/mol. The summed E-state index contributed by atoms with van der Waals surface area (Å²) in [6.45, 7) is 12.1. The average Bonchev–Trinajstić information content (AvgIpc) is 3.80. The maximum Gasteiger partial charge on any atom is 0.229 e. The Kier molecular flexibility index (Phi) is 6.04. The second-order valence-corrected chi connectivity index (χ2v) is 14.1. The molecule has 0 unspecified atom stereocenters. The van der Waals surface area contributed by atoms with Gasteiger partial charge in [-0.05, 0) is 95.6 Å². The van der Waals surface area contributed by atoms with Crippen molar-refractivity contribution in [3.05, 3.63) is 129 Å². The predicted octanol–water partition coefficient (Wildman–Crippen LogP) is 5.60. The van der Waals surface area contributed by atoms with Crippen LogP contribution in [0, 0.1) is 0 Å². The number of hydrogen-bond donors (Lipinski definition) is 0. The maximum absolute atomic E-state index is 6.26. The second-order valence-electron chi connectivity index (χ2n) is 14.1. The lowest BCUT2D eigenvalue weighted by Crippen LogP contribution is -2.38. The van der Waals surface area contributed by atoms with E-state index in [1.54, 1.807) is 0 Å². The van der Waals surface area contributed by atoms with Crippen LogP contribution in [0.3, 0.4) is 0 Å². The molecule has 0 saturated heterocycles. The summed E-state index contributed by atoms with van der Waals surface area (Å²) in [6.07, 6.45) is 0. The molecule has 5 aromatic carbocycles. The lowest BCUT2D eigenvalue weighted by molar-refractivity contribution is 0.548. The fourth-order valence-corrected chi connectivity index (χ4v) is 6.99. The Morgan fingerprint density at radius 1 is 0.469 bits per heavy atom. The maximum atomic E-state index is 6.26. The molecular weight excluding hydrogens is 608 g/mol. The highest BCUT2D eigenvalue weighted by Crippen LogP contribution is 2.33. The first-order chi connectivity index (χ1) is 23.5. The summed E-state index contributed by atoms with van der Waals surface area (Å²) in [5, 5.41) is 4.79. The van der Waals surface area contributed by atoms with E-state index < -0.39 is 17.0 Å². The van der Waals surface area contributed by atoms with Gasteiger partial charge in [0, 0.05) is 5.56 Å². The number of nitrogens with zero attached hydrogens (tertiary/aromatic N) is 8. The Balaban J connectivity index is 1.37. The monoisotopic (exact) mass is 642 g/mol. The summed E-state index contributed by atoms with van der Waals surface area (Å²) in [6, 6.07) is 32.7. The third-order valence-electron chi connectivity index (χ3n) is 8.91. The van der Waals surface area contributed by atoms with Crippen LogP contribution in [-0.4, -0.2) is 22.0 Å². The summed E-state index contributed by atoms with van der Waals surface area (Å²) < 4.78 is 6.26. The molecule has 0 fully saturated rings. The van der Waals surface area contributed by atoms with Gasteiger partial charge in [0.15, 0.2) is 5.58 Å². The number of fused-ring (bicyclic) bond motifs is 4. The molecule has 0 bridgehead atoms. The largest absolute Gasteiger partial charge is 0.436 e. The topological polar surface area (TPSA) is 103 Å². The van der Waals surface area contributed by atoms with Gasteiger partial charge in [-0.3, -0.25) is 30.0 Å². The molecule has 240 valence electrons. The quantitative estimate of drug-likeness (QED) is 0.245. The zero-order valence-electron chi connectivity index (χ0n) is 28.2. The molecular formula is C40H34N8O. The Morgan fingerprint density at radius 3 is 1.71 bits per heavy atom. The number of hydrogen-bond acceptors (Lipinski definition) is 9. The molecule has 9 nitrogen and oxygen atoms in total. The van der Waals surface area contributed by atoms with Crippen molar-refractivity contribution in [2.75, 3.05) is 4.90 Å². The SMILES string of the molecule is CC1(C)N=c2cccc(N(c3ccc(-c4ccccc4)c4c3=NC(C)(C)N=4)c3ccc(-c4nc5ccccc5o4)c4c3=NC(C)(C)N=4)c2=N1. The van der Waals surface area contributed by atoms with Crippen molar-refractivity contribution in [2.24, 2.45) is 30.0 Å². The molecule has 6 aromatic rings. The van der Waals surface area contributed by atoms with Crippen LogP contribution in [0.25, 0.3) is 33.7 Å². The van der Waals surface area contributed by atoms with E-state index in [0.29, 0.717) is 5.89 Å². The van der Waals surface area contributed by atoms with Crippen LogP contribution in [0.4, 0.5) is 17.1 Å². The highest BCUT2D eigenvalue weighted by atomic mass is 16.3. The van der Waals surface area contributed by atoms with Crippen LogP contribution >= 0.6 is 0 Å². The normalized spacial score (nSPS) is 17.0. The number of oxazole rings is 1. The Labute approximate surface area is 282 Å². The number of aromatic nitrogens is 1. The summed E-state index contributed by atoms with van der Waals surface area (Å²) in [5.74, 6) is 0.506. The number of rotatable bonds is 5. The van der Waals surface area contributed by atoms with Crippen molar-refractivity contribution in [2.45, 2.75) is 58.5 Å². The Morgan fingerprint density at radius 2 is 1.02 bits per heavy atom. The Hall–Kier alpha value is -5.83. The zero-order valence-corrected chi connectivity index (χ0v) is 28.2. The van der Waals surface area contributed by atoms with Crippen LogP contribution in [0.2, 0.25) is 0 Å². The van der Waals surface area contributed by atoms with Gasteiger partial charge in [0.05, 0.1) is 33.3 Å². The highest BCUT2D eigenvalue weighted by Gasteiger charge is 2.31. The number of para-hydroxylation sites is 3. The van der Waals surface area contributed by atoms with Crippen LogP contribution in [-0.2, 0) is 0 Å². The van der Waals surface area contributed by atoms with Crippen molar-refractivity contribution < 1.29 is 4.42 Å². The van der Waals surface area contributed by atoms with Gasteiger partial charge in [-0.15, -0.1) is 0 Å². The van der Waals surface area contributed by atoms with E-state index in [0.717, 1.165) is 77.0 Å². The van der Waals surface area contributed by atoms with E-state index in [1.807, 2.05) is 102 Å². The van der Waals surface area contributed by atoms with Gasteiger partial charge in [-0.2, -0.15) is 0 Å². The molecule has 0 radical (unpaired) electrons. The van der Waals surface area contributed by atoms with E-state index in [1.165, 1.54) is 0 Å². The van der Waals surface area contributed by atoms with Gasteiger partial charge < -0.3 is 9.32 Å². The fraction of sp³-hybridized carbons (Fsp3) is 0.225. The molecule has 0 spiro atoms. The first-order valence-corrected chi connectivity index (χ1v) is 16.5. The van der Waals surface area contributed by atoms with Gasteiger partial charge >= 0.3 is 0 Å². The summed E-state index contributed by atoms with van der Waals surface area (Å²) >= 11 is 0. The van der Waals surface area contributed by atoms with E-state index >= 15 is 0 Å². The molecule has 49 heavy (non-hydrogen) atoms. The summed E-state index contributed by atoms with van der Waals surface area (Å²) in [5.41, 5.74) is 5.06. The lowest BCUT2D eigenvalue weighted by atomic mass is 10.0. The minimum atomic E-state index is -0.702. The molecule has 0 N–H and O–H groups in total. The van der Waals surface area contributed by atoms with Crippen molar-refractivity contribution in [1.29, 1.82) is 0 Å². The third-order valence-corrected chi connectivity index (χ3v) is 8.91. The molecule has 0 saturated carbocycles. The van der Waals surface area contributed by atoms with Gasteiger partial charge in [-0.25, -0.2) is 4.98 Å². The summed E-state index contributed by atoms with van der Waals surface area (Å²) in [7, 11) is 0. The first-order valence-electron chi connectivity index (χ1n) is 16.5. The van der Waals surface area contributed by atoms with Gasteiger partial charge in [0.25, 0.3) is 0 Å². The van der Waals surface area contributed by atoms with Gasteiger partial charge in [0.1, 0.15) is 43.9 Å². The van der Waals surface area contributed by atoms with Crippen molar-refractivity contribution >= 4 is 28.2 Å². The lowest BCUT2D eigenvalue weighted by Gasteiger charge is -2.26. The second kappa shape index (κ2) is 10.1. The van der Waals surface area contributed by atoms with Crippen LogP contribution in [0.5, 0.6) is 0 Å². The number of anilines is 3. The van der Waals surface area contributed by atoms with E-state index in [9.17, 15) is 0 Å². The minimum Gasteiger partial charge on any atom is -0.436 e. The molecule has 9 heteroatoms. The fourth-order valence-electron chi connectivity index (χ4n) is 6.99.